The van der Waals surface area contributed by atoms with Gasteiger partial charge >= 0.3 is 5.97 Å². The molecule has 0 fully saturated rings. The summed E-state index contributed by atoms with van der Waals surface area (Å²) in [7, 11) is 0. The van der Waals surface area contributed by atoms with E-state index in [1.165, 1.54) is 0 Å². The Bertz CT molecular complexity index is 908. The first kappa shape index (κ1) is 18.1. The van der Waals surface area contributed by atoms with E-state index in [-0.39, 0.29) is 12.3 Å². The molecule has 134 valence electrons. The Labute approximate surface area is 156 Å². The number of nitrogens with one attached hydrogen (secondary N) is 2. The van der Waals surface area contributed by atoms with E-state index in [4.69, 9.17) is 0 Å². The van der Waals surface area contributed by atoms with E-state index in [0.29, 0.717) is 5.75 Å². The highest BCUT2D eigenvalue weighted by Crippen LogP contribution is 2.33. The number of aromatic nitrogens is 1. The van der Waals surface area contributed by atoms with Crippen molar-refractivity contribution in [3.8, 4) is 0 Å². The van der Waals surface area contributed by atoms with Crippen LogP contribution >= 0.6 is 12.6 Å². The van der Waals surface area contributed by atoms with Crippen LogP contribution in [0, 0.1) is 0 Å². The topological polar surface area (TPSA) is 82.2 Å². The highest BCUT2D eigenvalue weighted by Gasteiger charge is 2.33. The van der Waals surface area contributed by atoms with Crippen LogP contribution in [-0.2, 0) is 9.59 Å². The number of amides is 1. The number of rotatable bonds is 7. The number of hydrogen-bond donors (Lipinski definition) is 4. The number of fused-ring (bicyclic) bond motifs is 1. The quantitative estimate of drug-likeness (QED) is 0.484. The minimum atomic E-state index is -1.08. The van der Waals surface area contributed by atoms with E-state index in [0.717, 1.165) is 22.0 Å². The molecular formula is C20H20N2O3S. The number of carbonyl (C=O) groups is 2. The fourth-order valence-electron chi connectivity index (χ4n) is 3.20. The van der Waals surface area contributed by atoms with Crippen molar-refractivity contribution in [1.82, 2.24) is 10.3 Å². The molecule has 6 heteroatoms. The Balaban J connectivity index is 2.11. The predicted molar refractivity (Wildman–Crippen MR) is 105 cm³/mol. The monoisotopic (exact) mass is 368 g/mol. The zero-order valence-corrected chi connectivity index (χ0v) is 14.9. The molecule has 0 saturated heterocycles. The molecule has 0 spiro atoms. The lowest BCUT2D eigenvalue weighted by Crippen LogP contribution is -2.45. The summed E-state index contributed by atoms with van der Waals surface area (Å²) < 4.78 is 0. The molecule has 3 aromatic rings. The highest BCUT2D eigenvalue weighted by atomic mass is 32.1. The van der Waals surface area contributed by atoms with Crippen molar-refractivity contribution in [2.24, 2.45) is 0 Å². The third-order valence-corrected chi connectivity index (χ3v) is 4.59. The molecule has 1 unspecified atom stereocenters. The number of carboxylic acid groups (broad SMARTS) is 1. The van der Waals surface area contributed by atoms with Gasteiger partial charge in [0.25, 0.3) is 0 Å². The van der Waals surface area contributed by atoms with Crippen LogP contribution in [0.3, 0.4) is 0 Å². The number of hydrogen-bond acceptors (Lipinski definition) is 3. The highest BCUT2D eigenvalue weighted by molar-refractivity contribution is 7.80. The standard InChI is InChI=1S/C20H20N2O3S/c23-17(10-11-26)22-19(20(24)25)18(13-6-2-1-3-7-13)15-12-21-16-9-5-4-8-14(15)16/h1-9,12,18-19,21,26H,10-11H2,(H,22,23)(H,24,25)/t18?,19-/m0/s1. The summed E-state index contributed by atoms with van der Waals surface area (Å²) in [6, 6.07) is 16.0. The van der Waals surface area contributed by atoms with E-state index in [9.17, 15) is 14.7 Å². The number of carboxylic acids is 1. The number of benzene rings is 2. The van der Waals surface area contributed by atoms with E-state index in [1.807, 2.05) is 60.8 Å². The number of H-pyrrole nitrogens is 1. The van der Waals surface area contributed by atoms with Gasteiger partial charge in [-0.2, -0.15) is 12.6 Å². The normalized spacial score (nSPS) is 13.3. The summed E-state index contributed by atoms with van der Waals surface area (Å²) in [5.41, 5.74) is 2.59. The lowest BCUT2D eigenvalue weighted by atomic mass is 9.84. The second-order valence-electron chi connectivity index (χ2n) is 6.03. The van der Waals surface area contributed by atoms with Crippen molar-refractivity contribution in [1.29, 1.82) is 0 Å². The van der Waals surface area contributed by atoms with E-state index < -0.39 is 17.9 Å². The molecule has 0 aliphatic rings. The van der Waals surface area contributed by atoms with Gasteiger partial charge in [0, 0.05) is 29.4 Å². The van der Waals surface area contributed by atoms with E-state index in [2.05, 4.69) is 22.9 Å². The van der Waals surface area contributed by atoms with Gasteiger partial charge in [-0.25, -0.2) is 4.79 Å². The number of thiol groups is 1. The van der Waals surface area contributed by atoms with Gasteiger partial charge in [-0.05, 0) is 22.9 Å². The molecule has 3 rings (SSSR count). The van der Waals surface area contributed by atoms with Crippen LogP contribution in [0.25, 0.3) is 10.9 Å². The summed E-state index contributed by atoms with van der Waals surface area (Å²) in [5, 5.41) is 13.5. The predicted octanol–water partition coefficient (Wildman–Crippen LogP) is 3.19. The van der Waals surface area contributed by atoms with Crippen LogP contribution in [0.15, 0.2) is 60.8 Å². The second-order valence-corrected chi connectivity index (χ2v) is 6.48. The number of carbonyl (C=O) groups excluding carboxylic acids is 1. The van der Waals surface area contributed by atoms with Crippen molar-refractivity contribution >= 4 is 35.4 Å². The average molecular weight is 368 g/mol. The maximum Gasteiger partial charge on any atom is 0.327 e. The minimum Gasteiger partial charge on any atom is -0.480 e. The largest absolute Gasteiger partial charge is 0.480 e. The molecule has 3 N–H and O–H groups in total. The van der Waals surface area contributed by atoms with Crippen molar-refractivity contribution in [2.45, 2.75) is 18.4 Å². The van der Waals surface area contributed by atoms with Gasteiger partial charge in [-0.1, -0.05) is 48.5 Å². The number of aliphatic carboxylic acids is 1. The maximum absolute atomic E-state index is 12.1. The summed E-state index contributed by atoms with van der Waals surface area (Å²) in [4.78, 5) is 27.3. The molecule has 5 nitrogen and oxygen atoms in total. The number of para-hydroxylation sites is 1. The summed E-state index contributed by atoms with van der Waals surface area (Å²) in [6.07, 6.45) is 1.99. The van der Waals surface area contributed by atoms with Gasteiger partial charge < -0.3 is 15.4 Å². The van der Waals surface area contributed by atoms with Crippen molar-refractivity contribution in [2.75, 3.05) is 5.75 Å². The SMILES string of the molecule is O=C(CCS)N[C@H](C(=O)O)C(c1ccccc1)c1c[nH]c2ccccc12. The van der Waals surface area contributed by atoms with Crippen molar-refractivity contribution < 1.29 is 14.7 Å². The van der Waals surface area contributed by atoms with Crippen molar-refractivity contribution in [3.05, 3.63) is 71.9 Å². The first-order valence-electron chi connectivity index (χ1n) is 8.36. The van der Waals surface area contributed by atoms with Crippen LogP contribution in [-0.4, -0.2) is 33.8 Å². The Morgan fingerprint density at radius 1 is 1.08 bits per heavy atom. The summed E-state index contributed by atoms with van der Waals surface area (Å²) in [5.74, 6) is -1.56. The van der Waals surface area contributed by atoms with Gasteiger partial charge in [0.1, 0.15) is 6.04 Å². The second kappa shape index (κ2) is 8.10. The smallest absolute Gasteiger partial charge is 0.327 e. The molecule has 0 saturated carbocycles. The fraction of sp³-hybridized carbons (Fsp3) is 0.200. The van der Waals surface area contributed by atoms with Crippen LogP contribution in [0.1, 0.15) is 23.5 Å². The van der Waals surface area contributed by atoms with E-state index >= 15 is 0 Å². The number of aromatic amines is 1. The first-order chi connectivity index (χ1) is 12.6. The molecule has 26 heavy (non-hydrogen) atoms. The lowest BCUT2D eigenvalue weighted by molar-refractivity contribution is -0.142. The Morgan fingerprint density at radius 3 is 2.46 bits per heavy atom. The Hall–Kier alpha value is -2.73. The van der Waals surface area contributed by atoms with Gasteiger partial charge in [0.2, 0.25) is 5.91 Å². The summed E-state index contributed by atoms with van der Waals surface area (Å²) in [6.45, 7) is 0. The molecule has 0 aliphatic heterocycles. The third-order valence-electron chi connectivity index (χ3n) is 4.37. The van der Waals surface area contributed by atoms with Gasteiger partial charge in [-0.3, -0.25) is 4.79 Å². The zero-order chi connectivity index (χ0) is 18.5. The third kappa shape index (κ3) is 3.75. The van der Waals surface area contributed by atoms with Gasteiger partial charge in [-0.15, -0.1) is 0 Å². The molecular weight excluding hydrogens is 348 g/mol. The molecule has 1 aromatic heterocycles. The van der Waals surface area contributed by atoms with Crippen LogP contribution in [0.4, 0.5) is 0 Å². The first-order valence-corrected chi connectivity index (χ1v) is 8.99. The van der Waals surface area contributed by atoms with Gasteiger partial charge in [0.15, 0.2) is 0 Å². The van der Waals surface area contributed by atoms with Crippen molar-refractivity contribution in [3.63, 3.8) is 0 Å². The van der Waals surface area contributed by atoms with Crippen LogP contribution in [0.5, 0.6) is 0 Å². The Morgan fingerprint density at radius 2 is 1.77 bits per heavy atom. The fourth-order valence-corrected chi connectivity index (χ4v) is 3.40. The van der Waals surface area contributed by atoms with Gasteiger partial charge in [0.05, 0.1) is 0 Å². The van der Waals surface area contributed by atoms with Crippen LogP contribution < -0.4 is 5.32 Å². The Kier molecular flexibility index (Phi) is 5.63. The van der Waals surface area contributed by atoms with Crippen LogP contribution in [0.2, 0.25) is 0 Å². The molecule has 0 bridgehead atoms. The minimum absolute atomic E-state index is 0.169. The summed E-state index contributed by atoms with van der Waals surface area (Å²) >= 11 is 4.05. The zero-order valence-electron chi connectivity index (χ0n) is 14.1. The molecule has 2 aromatic carbocycles. The lowest BCUT2D eigenvalue weighted by Gasteiger charge is -2.25. The molecule has 1 heterocycles. The molecule has 0 aliphatic carbocycles. The maximum atomic E-state index is 12.1. The average Bonchev–Trinajstić information content (AvgIpc) is 3.06. The molecule has 2 atom stereocenters. The molecule has 1 amide bonds. The molecule has 0 radical (unpaired) electrons. The van der Waals surface area contributed by atoms with E-state index in [1.54, 1.807) is 0 Å².